The number of halogens is 2. The molecule has 0 radical (unpaired) electrons. The summed E-state index contributed by atoms with van der Waals surface area (Å²) in [4.78, 5) is 12.8. The number of aryl methyl sites for hydroxylation is 1. The van der Waals surface area contributed by atoms with Gasteiger partial charge in [-0.2, -0.15) is 0 Å². The molecule has 0 N–H and O–H groups in total. The highest BCUT2D eigenvalue weighted by atomic mass is 35.5. The van der Waals surface area contributed by atoms with Gasteiger partial charge in [0.1, 0.15) is 0 Å². The van der Waals surface area contributed by atoms with E-state index in [-0.39, 0.29) is 0 Å². The Bertz CT molecular complexity index is 998. The molecule has 0 spiro atoms. The number of hydrogen-bond acceptors (Lipinski definition) is 3. The third-order valence-corrected chi connectivity index (χ3v) is 7.33. The molecule has 3 aromatic carbocycles. The summed E-state index contributed by atoms with van der Waals surface area (Å²) in [5.74, 6) is -0.657. The number of carbonyl (C=O) groups is 1. The van der Waals surface area contributed by atoms with Crippen LogP contribution in [0.15, 0.2) is 72.8 Å². The third-order valence-electron chi connectivity index (χ3n) is 4.52. The van der Waals surface area contributed by atoms with Crippen molar-refractivity contribution in [3.8, 4) is 0 Å². The summed E-state index contributed by atoms with van der Waals surface area (Å²) >= 11 is 12.2. The van der Waals surface area contributed by atoms with Gasteiger partial charge < -0.3 is 4.52 Å². The molecule has 3 rings (SSSR count). The van der Waals surface area contributed by atoms with E-state index in [1.165, 1.54) is 0 Å². The SMILES string of the molecule is CCCCc1ccc(C(=O)OP(=O)(c2cccc(Cl)c2)c2cccc(Cl)c2)cc1. The Labute approximate surface area is 181 Å². The number of benzene rings is 3. The molecular weight excluding hydrogens is 426 g/mol. The van der Waals surface area contributed by atoms with Gasteiger partial charge in [0.25, 0.3) is 0 Å². The second kappa shape index (κ2) is 9.63. The van der Waals surface area contributed by atoms with Gasteiger partial charge in [0.2, 0.25) is 0 Å². The van der Waals surface area contributed by atoms with Crippen LogP contribution in [0.2, 0.25) is 10.0 Å². The lowest BCUT2D eigenvalue weighted by atomic mass is 10.1. The van der Waals surface area contributed by atoms with Crippen LogP contribution in [0, 0.1) is 0 Å². The zero-order valence-electron chi connectivity index (χ0n) is 16.0. The minimum atomic E-state index is -3.75. The zero-order chi connectivity index (χ0) is 20.9. The number of carbonyl (C=O) groups excluding carboxylic acids is 1. The molecule has 0 bridgehead atoms. The van der Waals surface area contributed by atoms with Crippen molar-refractivity contribution in [3.63, 3.8) is 0 Å². The van der Waals surface area contributed by atoms with E-state index >= 15 is 0 Å². The van der Waals surface area contributed by atoms with Crippen molar-refractivity contribution in [1.29, 1.82) is 0 Å². The van der Waals surface area contributed by atoms with Gasteiger partial charge in [-0.15, -0.1) is 0 Å². The third kappa shape index (κ3) is 5.30. The molecule has 0 unspecified atom stereocenters. The maximum absolute atomic E-state index is 14.0. The summed E-state index contributed by atoms with van der Waals surface area (Å²) in [5.41, 5.74) is 1.49. The van der Waals surface area contributed by atoms with Gasteiger partial charge in [-0.05, 0) is 66.9 Å². The van der Waals surface area contributed by atoms with Gasteiger partial charge >= 0.3 is 13.3 Å². The molecule has 0 amide bonds. The Balaban J connectivity index is 1.95. The van der Waals surface area contributed by atoms with Gasteiger partial charge in [-0.1, -0.05) is 60.8 Å². The van der Waals surface area contributed by atoms with Crippen molar-refractivity contribution in [1.82, 2.24) is 0 Å². The number of hydrogen-bond donors (Lipinski definition) is 0. The van der Waals surface area contributed by atoms with Crippen LogP contribution in [0.5, 0.6) is 0 Å². The second-order valence-electron chi connectivity index (χ2n) is 6.69. The normalized spacial score (nSPS) is 11.3. The fourth-order valence-electron chi connectivity index (χ4n) is 2.93. The Morgan fingerprint density at radius 3 is 1.93 bits per heavy atom. The lowest BCUT2D eigenvalue weighted by molar-refractivity contribution is 0.0747. The van der Waals surface area contributed by atoms with Gasteiger partial charge in [-0.3, -0.25) is 4.57 Å². The fraction of sp³-hybridized carbons (Fsp3) is 0.174. The summed E-state index contributed by atoms with van der Waals surface area (Å²) in [7, 11) is -3.75. The van der Waals surface area contributed by atoms with E-state index in [9.17, 15) is 9.36 Å². The van der Waals surface area contributed by atoms with Gasteiger partial charge in [0, 0.05) is 10.0 Å². The molecule has 0 atom stereocenters. The first-order valence-corrected chi connectivity index (χ1v) is 11.8. The Hall–Kier alpha value is -2.06. The van der Waals surface area contributed by atoms with Crippen LogP contribution in [0.25, 0.3) is 0 Å². The molecule has 0 saturated heterocycles. The molecule has 0 aliphatic carbocycles. The molecular formula is C23H21Cl2O3P. The van der Waals surface area contributed by atoms with E-state index in [0.717, 1.165) is 24.8 Å². The van der Waals surface area contributed by atoms with Crippen LogP contribution >= 0.6 is 30.6 Å². The number of rotatable bonds is 7. The first-order valence-electron chi connectivity index (χ1n) is 9.37. The molecule has 0 aromatic heterocycles. The Kier molecular flexibility index (Phi) is 7.18. The van der Waals surface area contributed by atoms with Crippen LogP contribution in [0.4, 0.5) is 0 Å². The number of unbranched alkanes of at least 4 members (excludes halogenated alkanes) is 1. The summed E-state index contributed by atoms with van der Waals surface area (Å²) in [6.45, 7) is 2.13. The van der Waals surface area contributed by atoms with E-state index < -0.39 is 13.3 Å². The molecule has 0 saturated carbocycles. The van der Waals surface area contributed by atoms with Gasteiger partial charge in [0.05, 0.1) is 16.2 Å². The molecule has 0 heterocycles. The van der Waals surface area contributed by atoms with Crippen molar-refractivity contribution < 1.29 is 13.9 Å². The molecule has 3 aromatic rings. The monoisotopic (exact) mass is 446 g/mol. The maximum atomic E-state index is 14.0. The van der Waals surface area contributed by atoms with E-state index in [0.29, 0.717) is 26.2 Å². The Morgan fingerprint density at radius 2 is 1.45 bits per heavy atom. The van der Waals surface area contributed by atoms with Crippen molar-refractivity contribution in [3.05, 3.63) is 94.0 Å². The van der Waals surface area contributed by atoms with Gasteiger partial charge in [0.15, 0.2) is 0 Å². The first-order chi connectivity index (χ1) is 13.9. The smallest absolute Gasteiger partial charge is 0.343 e. The lowest BCUT2D eigenvalue weighted by Crippen LogP contribution is -2.21. The second-order valence-corrected chi connectivity index (χ2v) is 9.88. The minimum Gasteiger partial charge on any atom is -0.401 e. The van der Waals surface area contributed by atoms with Crippen molar-refractivity contribution in [2.75, 3.05) is 0 Å². The van der Waals surface area contributed by atoms with E-state index in [4.69, 9.17) is 27.7 Å². The summed E-state index contributed by atoms with van der Waals surface area (Å²) in [5, 5.41) is 1.47. The molecule has 3 nitrogen and oxygen atoms in total. The predicted octanol–water partition coefficient (Wildman–Crippen LogP) is 6.42. The lowest BCUT2D eigenvalue weighted by Gasteiger charge is -2.19. The van der Waals surface area contributed by atoms with E-state index in [2.05, 4.69) is 6.92 Å². The first kappa shape index (κ1) is 21.6. The van der Waals surface area contributed by atoms with Crippen LogP contribution in [0.1, 0.15) is 35.7 Å². The highest BCUT2D eigenvalue weighted by Gasteiger charge is 2.33. The van der Waals surface area contributed by atoms with Crippen LogP contribution < -0.4 is 10.6 Å². The molecule has 0 aliphatic heterocycles. The van der Waals surface area contributed by atoms with Gasteiger partial charge in [-0.25, -0.2) is 4.79 Å². The standard InChI is InChI=1S/C23H21Cl2O3P/c1-2-3-6-17-11-13-18(14-12-17)23(26)28-29(27,21-9-4-7-19(24)15-21)22-10-5-8-20(25)16-22/h4-5,7-16H,2-3,6H2,1H3. The maximum Gasteiger partial charge on any atom is 0.343 e. The summed E-state index contributed by atoms with van der Waals surface area (Å²) < 4.78 is 19.6. The van der Waals surface area contributed by atoms with E-state index in [1.807, 2.05) is 12.1 Å². The quantitative estimate of drug-likeness (QED) is 0.393. The Morgan fingerprint density at radius 1 is 0.897 bits per heavy atom. The van der Waals surface area contributed by atoms with Crippen molar-refractivity contribution in [2.24, 2.45) is 0 Å². The molecule has 150 valence electrons. The zero-order valence-corrected chi connectivity index (χ0v) is 18.4. The predicted molar refractivity (Wildman–Crippen MR) is 120 cm³/mol. The summed E-state index contributed by atoms with van der Waals surface area (Å²) in [6.07, 6.45) is 3.14. The van der Waals surface area contributed by atoms with Crippen LogP contribution in [0.3, 0.4) is 0 Å². The molecule has 29 heavy (non-hydrogen) atoms. The van der Waals surface area contributed by atoms with E-state index in [1.54, 1.807) is 60.7 Å². The molecule has 6 heteroatoms. The minimum absolute atomic E-state index is 0.334. The van der Waals surface area contributed by atoms with Crippen molar-refractivity contribution in [2.45, 2.75) is 26.2 Å². The molecule has 0 fully saturated rings. The average molecular weight is 447 g/mol. The summed E-state index contributed by atoms with van der Waals surface area (Å²) in [6, 6.07) is 20.2. The topological polar surface area (TPSA) is 43.4 Å². The van der Waals surface area contributed by atoms with Crippen molar-refractivity contribution >= 4 is 47.1 Å². The average Bonchev–Trinajstić information content (AvgIpc) is 2.72. The molecule has 0 aliphatic rings. The van der Waals surface area contributed by atoms with Crippen LogP contribution in [-0.2, 0) is 15.5 Å². The van der Waals surface area contributed by atoms with Crippen LogP contribution in [-0.4, -0.2) is 5.97 Å². The highest BCUT2D eigenvalue weighted by Crippen LogP contribution is 2.46. The largest absolute Gasteiger partial charge is 0.401 e. The highest BCUT2D eigenvalue weighted by molar-refractivity contribution is 7.74. The fourth-order valence-corrected chi connectivity index (χ4v) is 5.49.